The Morgan fingerprint density at radius 2 is 1.89 bits per heavy atom. The summed E-state index contributed by atoms with van der Waals surface area (Å²) < 4.78 is 24.3. The van der Waals surface area contributed by atoms with Gasteiger partial charge in [0, 0.05) is 23.4 Å². The number of nitrogens with one attached hydrogen (secondary N) is 2. The van der Waals surface area contributed by atoms with Crippen molar-refractivity contribution in [3.63, 3.8) is 0 Å². The fourth-order valence-corrected chi connectivity index (χ4v) is 3.27. The van der Waals surface area contributed by atoms with E-state index < -0.39 is 15.1 Å². The van der Waals surface area contributed by atoms with Crippen LogP contribution in [0.15, 0.2) is 30.3 Å². The highest BCUT2D eigenvalue weighted by molar-refractivity contribution is 7.91. The molecule has 1 aliphatic carbocycles. The predicted molar refractivity (Wildman–Crippen MR) is 105 cm³/mol. The first-order chi connectivity index (χ1) is 12.7. The van der Waals surface area contributed by atoms with Gasteiger partial charge in [-0.05, 0) is 51.0 Å². The van der Waals surface area contributed by atoms with Crippen molar-refractivity contribution in [3.8, 4) is 11.4 Å². The summed E-state index contributed by atoms with van der Waals surface area (Å²) in [4.78, 5) is 20.3. The first kappa shape index (κ1) is 19.1. The number of aromatic nitrogens is 2. The monoisotopic (exact) mass is 389 g/mol. The minimum Gasteiger partial charge on any atom is -0.384 e. The smallest absolute Gasteiger partial charge is 0.319 e. The molecule has 4 N–H and O–H groups in total. The van der Waals surface area contributed by atoms with Gasteiger partial charge in [-0.25, -0.2) is 23.2 Å². The molecule has 0 bridgehead atoms. The van der Waals surface area contributed by atoms with E-state index in [1.165, 1.54) is 6.07 Å². The van der Waals surface area contributed by atoms with Crippen molar-refractivity contribution in [1.82, 2.24) is 15.3 Å². The molecule has 0 radical (unpaired) electrons. The first-order valence-corrected chi connectivity index (χ1v) is 10.5. The van der Waals surface area contributed by atoms with Crippen molar-refractivity contribution >= 4 is 27.4 Å². The summed E-state index contributed by atoms with van der Waals surface area (Å²) >= 11 is 0. The molecule has 3 rings (SSSR count). The zero-order valence-electron chi connectivity index (χ0n) is 15.3. The number of anilines is 2. The van der Waals surface area contributed by atoms with E-state index in [2.05, 4.69) is 20.6 Å². The van der Waals surface area contributed by atoms with Gasteiger partial charge in [0.05, 0.1) is 16.7 Å². The van der Waals surface area contributed by atoms with Gasteiger partial charge in [0.1, 0.15) is 5.82 Å². The van der Waals surface area contributed by atoms with Gasteiger partial charge in [-0.1, -0.05) is 0 Å². The molecule has 1 aliphatic rings. The van der Waals surface area contributed by atoms with Crippen molar-refractivity contribution in [2.24, 2.45) is 0 Å². The standard InChI is InChI=1S/C18H23N5O3S/c1-11(2)27(25,26)10-15-9-16(19)23-17(20-15)12-3-5-13(6-4-12)21-18(24)22-14-7-8-14/h3-6,9,11,14H,7-8,10H2,1-2H3,(H2,19,20,23)(H2,21,22,24). The molecule has 0 atom stereocenters. The number of nitrogens with zero attached hydrogens (tertiary/aromatic N) is 2. The van der Waals surface area contributed by atoms with Crippen LogP contribution in [0.25, 0.3) is 11.4 Å². The highest BCUT2D eigenvalue weighted by atomic mass is 32.2. The number of hydrogen-bond acceptors (Lipinski definition) is 6. The van der Waals surface area contributed by atoms with E-state index in [0.29, 0.717) is 22.8 Å². The molecule has 0 spiro atoms. The van der Waals surface area contributed by atoms with Crippen LogP contribution >= 0.6 is 0 Å². The summed E-state index contributed by atoms with van der Waals surface area (Å²) in [6.07, 6.45) is 2.04. The van der Waals surface area contributed by atoms with Crippen LogP contribution in [0.1, 0.15) is 32.4 Å². The van der Waals surface area contributed by atoms with Crippen LogP contribution in [0.4, 0.5) is 16.3 Å². The fourth-order valence-electron chi connectivity index (χ4n) is 2.38. The van der Waals surface area contributed by atoms with Gasteiger partial charge < -0.3 is 16.4 Å². The van der Waals surface area contributed by atoms with Crippen LogP contribution in [0, 0.1) is 0 Å². The molecule has 0 aliphatic heterocycles. The van der Waals surface area contributed by atoms with Crippen molar-refractivity contribution in [2.45, 2.75) is 43.7 Å². The lowest BCUT2D eigenvalue weighted by molar-refractivity contribution is 0.251. The van der Waals surface area contributed by atoms with Crippen molar-refractivity contribution in [3.05, 3.63) is 36.0 Å². The number of urea groups is 1. The van der Waals surface area contributed by atoms with E-state index in [1.54, 1.807) is 38.1 Å². The number of hydrogen-bond donors (Lipinski definition) is 3. The van der Waals surface area contributed by atoms with Crippen LogP contribution < -0.4 is 16.4 Å². The van der Waals surface area contributed by atoms with Gasteiger partial charge in [-0.2, -0.15) is 0 Å². The number of amides is 2. The zero-order valence-corrected chi connectivity index (χ0v) is 16.1. The summed E-state index contributed by atoms with van der Waals surface area (Å²) in [5, 5.41) is 5.11. The molecule has 1 aromatic heterocycles. The Hall–Kier alpha value is -2.68. The maximum Gasteiger partial charge on any atom is 0.319 e. The van der Waals surface area contributed by atoms with Crippen LogP contribution in [-0.2, 0) is 15.6 Å². The second-order valence-electron chi connectivity index (χ2n) is 6.91. The SMILES string of the molecule is CC(C)S(=O)(=O)Cc1cc(N)nc(-c2ccc(NC(=O)NC3CC3)cc2)n1. The zero-order chi connectivity index (χ0) is 19.6. The number of sulfone groups is 1. The summed E-state index contributed by atoms with van der Waals surface area (Å²) in [5.74, 6) is 0.364. The molecule has 0 unspecified atom stereocenters. The van der Waals surface area contributed by atoms with Crippen molar-refractivity contribution in [2.75, 3.05) is 11.1 Å². The van der Waals surface area contributed by atoms with Gasteiger partial charge in [-0.3, -0.25) is 0 Å². The van der Waals surface area contributed by atoms with E-state index in [-0.39, 0.29) is 23.6 Å². The third-order valence-electron chi connectivity index (χ3n) is 4.18. The number of carbonyl (C=O) groups excluding carboxylic acids is 1. The number of nitrogen functional groups attached to an aromatic ring is 1. The summed E-state index contributed by atoms with van der Waals surface area (Å²) in [6.45, 7) is 3.26. The second-order valence-corrected chi connectivity index (χ2v) is 9.47. The van der Waals surface area contributed by atoms with E-state index >= 15 is 0 Å². The maximum absolute atomic E-state index is 12.1. The number of rotatable bonds is 6. The Labute approximate surface area is 158 Å². The third-order valence-corrected chi connectivity index (χ3v) is 6.31. The normalized spacial score (nSPS) is 14.2. The lowest BCUT2D eigenvalue weighted by Crippen LogP contribution is -2.30. The number of carbonyl (C=O) groups is 1. The third kappa shape index (κ3) is 5.16. The van der Waals surface area contributed by atoms with Gasteiger partial charge in [0.15, 0.2) is 15.7 Å². The lowest BCUT2D eigenvalue weighted by Gasteiger charge is -2.10. The molecular formula is C18H23N5O3S. The predicted octanol–water partition coefficient (Wildman–Crippen LogP) is 2.33. The highest BCUT2D eigenvalue weighted by Gasteiger charge is 2.23. The fraction of sp³-hybridized carbons (Fsp3) is 0.389. The summed E-state index contributed by atoms with van der Waals surface area (Å²) in [6, 6.07) is 8.50. The summed E-state index contributed by atoms with van der Waals surface area (Å²) in [7, 11) is -3.29. The van der Waals surface area contributed by atoms with E-state index in [0.717, 1.165) is 12.8 Å². The Morgan fingerprint density at radius 1 is 1.22 bits per heavy atom. The molecule has 27 heavy (non-hydrogen) atoms. The molecule has 1 aromatic carbocycles. The van der Waals surface area contributed by atoms with Gasteiger partial charge in [0.25, 0.3) is 0 Å². The maximum atomic E-state index is 12.1. The van der Waals surface area contributed by atoms with Crippen LogP contribution in [0.3, 0.4) is 0 Å². The van der Waals surface area contributed by atoms with Crippen LogP contribution in [0.2, 0.25) is 0 Å². The lowest BCUT2D eigenvalue weighted by atomic mass is 10.2. The van der Waals surface area contributed by atoms with Gasteiger partial charge in [-0.15, -0.1) is 0 Å². The first-order valence-electron chi connectivity index (χ1n) is 8.76. The van der Waals surface area contributed by atoms with Crippen LogP contribution in [-0.4, -0.2) is 35.7 Å². The quantitative estimate of drug-likeness (QED) is 0.696. The van der Waals surface area contributed by atoms with E-state index in [1.807, 2.05) is 0 Å². The molecule has 1 fully saturated rings. The molecule has 9 heteroatoms. The largest absolute Gasteiger partial charge is 0.384 e. The number of benzene rings is 1. The van der Waals surface area contributed by atoms with Crippen LogP contribution in [0.5, 0.6) is 0 Å². The second kappa shape index (κ2) is 7.51. The average molecular weight is 389 g/mol. The molecule has 0 saturated heterocycles. The Morgan fingerprint density at radius 3 is 2.48 bits per heavy atom. The van der Waals surface area contributed by atoms with E-state index in [9.17, 15) is 13.2 Å². The van der Waals surface area contributed by atoms with Crippen molar-refractivity contribution < 1.29 is 13.2 Å². The topological polar surface area (TPSA) is 127 Å². The highest BCUT2D eigenvalue weighted by Crippen LogP contribution is 2.22. The van der Waals surface area contributed by atoms with Gasteiger partial charge in [0.2, 0.25) is 0 Å². The molecular weight excluding hydrogens is 366 g/mol. The minimum atomic E-state index is -3.29. The number of nitrogens with two attached hydrogens (primary N) is 1. The average Bonchev–Trinajstić information content (AvgIpc) is 3.38. The minimum absolute atomic E-state index is 0.189. The molecule has 2 amide bonds. The Bertz CT molecular complexity index is 938. The van der Waals surface area contributed by atoms with Crippen molar-refractivity contribution in [1.29, 1.82) is 0 Å². The molecule has 2 aromatic rings. The summed E-state index contributed by atoms with van der Waals surface area (Å²) in [5.41, 5.74) is 7.51. The molecule has 1 saturated carbocycles. The molecule has 8 nitrogen and oxygen atoms in total. The molecule has 1 heterocycles. The molecule has 144 valence electrons. The van der Waals surface area contributed by atoms with E-state index in [4.69, 9.17) is 5.73 Å². The Kier molecular flexibility index (Phi) is 5.31. The Balaban J connectivity index is 1.76. The van der Waals surface area contributed by atoms with Gasteiger partial charge >= 0.3 is 6.03 Å².